The third kappa shape index (κ3) is 6.47. The third-order valence-electron chi connectivity index (χ3n) is 12.2. The summed E-state index contributed by atoms with van der Waals surface area (Å²) < 4.78 is 8.99. The van der Waals surface area contributed by atoms with E-state index in [1.54, 1.807) is 0 Å². The molecule has 0 spiro atoms. The zero-order valence-electron chi connectivity index (χ0n) is 34.5. The van der Waals surface area contributed by atoms with Gasteiger partial charge in [-0.25, -0.2) is 0 Å². The van der Waals surface area contributed by atoms with E-state index in [4.69, 9.17) is 4.42 Å². The molecule has 0 aliphatic rings. The topological polar surface area (TPSA) is 21.3 Å². The molecule has 0 amide bonds. The van der Waals surface area contributed by atoms with Gasteiger partial charge in [0.1, 0.15) is 5.58 Å². The molecule has 0 saturated heterocycles. The zero-order valence-corrected chi connectivity index (χ0v) is 34.5. The Balaban J connectivity index is 1.02. The van der Waals surface area contributed by atoms with E-state index in [1.807, 2.05) is 6.07 Å². The number of rotatable bonds is 7. The summed E-state index contributed by atoms with van der Waals surface area (Å²) in [4.78, 5) is 2.34. The highest BCUT2D eigenvalue weighted by Gasteiger charge is 2.21. The first-order valence-electron chi connectivity index (χ1n) is 21.1. The van der Waals surface area contributed by atoms with Crippen LogP contribution in [0.5, 0.6) is 0 Å². The number of hydrogen-bond donors (Lipinski definition) is 0. The van der Waals surface area contributed by atoms with Gasteiger partial charge in [-0.3, -0.25) is 0 Å². The van der Waals surface area contributed by atoms with E-state index >= 15 is 0 Å². The first-order chi connectivity index (χ1) is 29.9. The number of fused-ring (bicyclic) bond motifs is 6. The fourth-order valence-corrected chi connectivity index (χ4v) is 8.95. The minimum Gasteiger partial charge on any atom is -0.454 e. The van der Waals surface area contributed by atoms with Crippen LogP contribution in [-0.2, 0) is 5.41 Å². The Bertz CT molecular complexity index is 3270. The molecule has 0 unspecified atom stereocenters. The van der Waals surface area contributed by atoms with Crippen molar-refractivity contribution in [1.29, 1.82) is 0 Å². The molecule has 11 rings (SSSR count). The summed E-state index contributed by atoms with van der Waals surface area (Å²) in [5, 5.41) is 4.71. The van der Waals surface area contributed by atoms with Gasteiger partial charge < -0.3 is 13.9 Å². The lowest BCUT2D eigenvalue weighted by atomic mass is 9.86. The van der Waals surface area contributed by atoms with Crippen molar-refractivity contribution in [1.82, 2.24) is 4.57 Å². The molecule has 3 heteroatoms. The summed E-state index contributed by atoms with van der Waals surface area (Å²) in [5.74, 6) is 0. The number of anilines is 3. The Morgan fingerprint density at radius 1 is 0.377 bits per heavy atom. The number of benzene rings is 9. The van der Waals surface area contributed by atoms with Crippen molar-refractivity contribution < 1.29 is 4.42 Å². The quantitative estimate of drug-likeness (QED) is 0.161. The predicted molar refractivity (Wildman–Crippen MR) is 258 cm³/mol. The van der Waals surface area contributed by atoms with Gasteiger partial charge in [-0.05, 0) is 117 Å². The monoisotopic (exact) mass is 784 g/mol. The standard InChI is InChI=1S/C58H44N2O/c1-58(2,3)45-28-36-54-52(38-45)51-37-44(27-35-53(51)60(54)55-19-12-18-50-49-17-10-11-20-56(49)61-57(50)55)43-25-33-48(34-26-43)59(46-29-21-41(22-30-46)39-13-6-4-7-14-39)47-31-23-42(24-32-47)40-15-8-5-9-16-40/h4-38H,1-3H3. The fourth-order valence-electron chi connectivity index (χ4n) is 8.95. The third-order valence-corrected chi connectivity index (χ3v) is 12.2. The minimum absolute atomic E-state index is 0.00438. The first kappa shape index (κ1) is 36.5. The Labute approximate surface area is 356 Å². The van der Waals surface area contributed by atoms with Gasteiger partial charge in [0.25, 0.3) is 0 Å². The average molecular weight is 785 g/mol. The van der Waals surface area contributed by atoms with Crippen LogP contribution < -0.4 is 4.90 Å². The molecule has 0 aliphatic heterocycles. The summed E-state index contributed by atoms with van der Waals surface area (Å²) in [6.07, 6.45) is 0. The number of furan rings is 1. The van der Waals surface area contributed by atoms with Crippen LogP contribution in [0.4, 0.5) is 17.1 Å². The molecule has 2 aromatic heterocycles. The van der Waals surface area contributed by atoms with Crippen molar-refractivity contribution in [2.24, 2.45) is 0 Å². The maximum Gasteiger partial charge on any atom is 0.159 e. The molecule has 292 valence electrons. The zero-order chi connectivity index (χ0) is 41.1. The molecule has 0 fully saturated rings. The van der Waals surface area contributed by atoms with Crippen molar-refractivity contribution in [2.45, 2.75) is 26.2 Å². The van der Waals surface area contributed by atoms with E-state index in [9.17, 15) is 0 Å². The molecule has 0 saturated carbocycles. The maximum absolute atomic E-state index is 6.60. The average Bonchev–Trinajstić information content (AvgIpc) is 3.85. The van der Waals surface area contributed by atoms with Gasteiger partial charge in [0.15, 0.2) is 5.58 Å². The van der Waals surface area contributed by atoms with Crippen LogP contribution in [-0.4, -0.2) is 4.57 Å². The van der Waals surface area contributed by atoms with Crippen molar-refractivity contribution in [3.8, 4) is 39.1 Å². The smallest absolute Gasteiger partial charge is 0.159 e. The molecule has 0 bridgehead atoms. The normalized spacial score (nSPS) is 11.9. The van der Waals surface area contributed by atoms with E-state index in [2.05, 4.69) is 236 Å². The Kier molecular flexibility index (Phi) is 8.72. The largest absolute Gasteiger partial charge is 0.454 e. The Morgan fingerprint density at radius 3 is 1.41 bits per heavy atom. The second kappa shape index (κ2) is 14.6. The van der Waals surface area contributed by atoms with Crippen LogP contribution in [0, 0.1) is 0 Å². The number of nitrogens with zero attached hydrogens (tertiary/aromatic N) is 2. The van der Waals surface area contributed by atoms with Crippen molar-refractivity contribution >= 4 is 60.8 Å². The molecule has 0 atom stereocenters. The second-order valence-corrected chi connectivity index (χ2v) is 17.0. The number of hydrogen-bond acceptors (Lipinski definition) is 2. The van der Waals surface area contributed by atoms with Gasteiger partial charge in [0.05, 0.1) is 16.7 Å². The summed E-state index contributed by atoms with van der Waals surface area (Å²) in [6, 6.07) is 76.6. The SMILES string of the molecule is CC(C)(C)c1ccc2c(c1)c1cc(-c3ccc(N(c4ccc(-c5ccccc5)cc4)c4ccc(-c5ccccc5)cc4)cc3)ccc1n2-c1cccc2c1oc1ccccc12. The molecule has 2 heterocycles. The molecule has 61 heavy (non-hydrogen) atoms. The number of aromatic nitrogens is 1. The van der Waals surface area contributed by atoms with Gasteiger partial charge >= 0.3 is 0 Å². The summed E-state index contributed by atoms with van der Waals surface area (Å²) in [6.45, 7) is 6.86. The van der Waals surface area contributed by atoms with Crippen LogP contribution in [0.25, 0.3) is 82.8 Å². The molecule has 11 aromatic rings. The molecule has 0 aliphatic carbocycles. The highest BCUT2D eigenvalue weighted by atomic mass is 16.3. The van der Waals surface area contributed by atoms with E-state index in [-0.39, 0.29) is 5.41 Å². The lowest BCUT2D eigenvalue weighted by molar-refractivity contribution is 0.591. The summed E-state index contributed by atoms with van der Waals surface area (Å²) in [7, 11) is 0. The van der Waals surface area contributed by atoms with E-state index in [0.717, 1.165) is 61.3 Å². The van der Waals surface area contributed by atoms with Gasteiger partial charge in [-0.1, -0.05) is 160 Å². The lowest BCUT2D eigenvalue weighted by Gasteiger charge is -2.26. The Hall–Kier alpha value is -7.62. The van der Waals surface area contributed by atoms with Crippen molar-refractivity contribution in [3.05, 3.63) is 218 Å². The fraction of sp³-hybridized carbons (Fsp3) is 0.0690. The van der Waals surface area contributed by atoms with Gasteiger partial charge in [0, 0.05) is 38.6 Å². The Morgan fingerprint density at radius 2 is 0.836 bits per heavy atom. The van der Waals surface area contributed by atoms with Crippen molar-refractivity contribution in [2.75, 3.05) is 4.90 Å². The first-order valence-corrected chi connectivity index (χ1v) is 21.1. The van der Waals surface area contributed by atoms with Gasteiger partial charge in [-0.15, -0.1) is 0 Å². The highest BCUT2D eigenvalue weighted by Crippen LogP contribution is 2.42. The van der Waals surface area contributed by atoms with Gasteiger partial charge in [0.2, 0.25) is 0 Å². The number of para-hydroxylation sites is 2. The van der Waals surface area contributed by atoms with E-state index in [0.29, 0.717) is 0 Å². The molecule has 0 N–H and O–H groups in total. The molecular formula is C58H44N2O. The second-order valence-electron chi connectivity index (χ2n) is 17.0. The molecule has 0 radical (unpaired) electrons. The van der Waals surface area contributed by atoms with Crippen LogP contribution in [0.1, 0.15) is 26.3 Å². The van der Waals surface area contributed by atoms with Crippen LogP contribution in [0.2, 0.25) is 0 Å². The predicted octanol–water partition coefficient (Wildman–Crippen LogP) is 16.5. The lowest BCUT2D eigenvalue weighted by Crippen LogP contribution is -2.10. The highest BCUT2D eigenvalue weighted by molar-refractivity contribution is 6.13. The minimum atomic E-state index is 0.00438. The van der Waals surface area contributed by atoms with E-state index < -0.39 is 0 Å². The van der Waals surface area contributed by atoms with E-state index in [1.165, 1.54) is 44.2 Å². The maximum atomic E-state index is 6.60. The summed E-state index contributed by atoms with van der Waals surface area (Å²) in [5.41, 5.74) is 16.9. The van der Waals surface area contributed by atoms with Crippen LogP contribution in [0.3, 0.4) is 0 Å². The van der Waals surface area contributed by atoms with Crippen LogP contribution in [0.15, 0.2) is 217 Å². The van der Waals surface area contributed by atoms with Crippen LogP contribution >= 0.6 is 0 Å². The molecular weight excluding hydrogens is 741 g/mol. The molecule has 9 aromatic carbocycles. The van der Waals surface area contributed by atoms with Crippen molar-refractivity contribution in [3.63, 3.8) is 0 Å². The molecule has 3 nitrogen and oxygen atoms in total. The van der Waals surface area contributed by atoms with Gasteiger partial charge in [-0.2, -0.15) is 0 Å². The summed E-state index contributed by atoms with van der Waals surface area (Å²) >= 11 is 0.